The van der Waals surface area contributed by atoms with E-state index in [1.165, 1.54) is 17.6 Å². The maximum atomic E-state index is 11.2. The number of anilines is 1. The van der Waals surface area contributed by atoms with Crippen LogP contribution in [-0.4, -0.2) is 51.6 Å². The lowest BCUT2D eigenvalue weighted by Crippen LogP contribution is -2.28. The molecule has 12 heteroatoms. The number of carboxylic acid groups (broad SMARTS) is 1. The topological polar surface area (TPSA) is 100 Å². The average molecular weight is 428 g/mol. The van der Waals surface area contributed by atoms with Crippen molar-refractivity contribution in [3.05, 3.63) is 47.0 Å². The molecule has 0 aliphatic carbocycles. The molecular weight excluding hydrogens is 413 g/mol. The zero-order valence-electron chi connectivity index (χ0n) is 14.9. The summed E-state index contributed by atoms with van der Waals surface area (Å²) >= 11 is 1.27. The Morgan fingerprint density at radius 1 is 1.31 bits per heavy atom. The molecule has 0 saturated carbocycles. The Balaban J connectivity index is 0.000000298. The van der Waals surface area contributed by atoms with Crippen LogP contribution in [0.4, 0.5) is 18.9 Å². The third-order valence-corrected chi connectivity index (χ3v) is 4.77. The van der Waals surface area contributed by atoms with E-state index in [0.29, 0.717) is 6.61 Å². The van der Waals surface area contributed by atoms with Gasteiger partial charge in [0.05, 0.1) is 18.4 Å². The predicted octanol–water partition coefficient (Wildman–Crippen LogP) is 2.75. The molecule has 1 aliphatic heterocycles. The van der Waals surface area contributed by atoms with Gasteiger partial charge in [-0.3, -0.25) is 9.17 Å². The number of nitrogens with one attached hydrogen (secondary N) is 1. The Morgan fingerprint density at radius 3 is 2.66 bits per heavy atom. The van der Waals surface area contributed by atoms with Crippen molar-refractivity contribution < 1.29 is 27.8 Å². The molecule has 2 aromatic heterocycles. The van der Waals surface area contributed by atoms with Crippen LogP contribution < -0.4 is 15.2 Å². The number of likely N-dealkylation sites (N-methyl/N-ethyl adjacent to an activating group) is 1. The highest BCUT2D eigenvalue weighted by Crippen LogP contribution is 2.35. The number of aliphatic carboxylic acids is 1. The molecule has 8 nitrogen and oxygen atoms in total. The molecule has 0 spiro atoms. The molecule has 0 bridgehead atoms. The van der Waals surface area contributed by atoms with Gasteiger partial charge in [0, 0.05) is 24.9 Å². The molecule has 0 atom stereocenters. The summed E-state index contributed by atoms with van der Waals surface area (Å²) in [6.07, 6.45) is -1.38. The van der Waals surface area contributed by atoms with Gasteiger partial charge in [0.1, 0.15) is 17.4 Å². The fourth-order valence-corrected chi connectivity index (χ4v) is 3.14. The van der Waals surface area contributed by atoms with Gasteiger partial charge in [-0.1, -0.05) is 6.07 Å². The van der Waals surface area contributed by atoms with E-state index in [9.17, 15) is 18.0 Å². The molecule has 1 aromatic carbocycles. The molecule has 2 N–H and O–H groups in total. The van der Waals surface area contributed by atoms with Crippen LogP contribution in [0.25, 0.3) is 16.1 Å². The van der Waals surface area contributed by atoms with E-state index in [2.05, 4.69) is 33.6 Å². The number of alkyl halides is 3. The van der Waals surface area contributed by atoms with Crippen molar-refractivity contribution in [2.24, 2.45) is 0 Å². The van der Waals surface area contributed by atoms with Crippen molar-refractivity contribution in [2.45, 2.75) is 6.18 Å². The molecule has 0 radical (unpaired) electrons. The van der Waals surface area contributed by atoms with Crippen molar-refractivity contribution in [3.8, 4) is 21.9 Å². The number of fused-ring (bicyclic) bond motifs is 1. The molecule has 4 rings (SSSR count). The van der Waals surface area contributed by atoms with Gasteiger partial charge in [-0.15, -0.1) is 0 Å². The number of aromatic nitrogens is 3. The SMILES string of the molecule is CN1CCOc2cc(-c3cnn(-c4cc(=O)[nH]s4)c3)ccc21.O=C(O)C(F)(F)F. The van der Waals surface area contributed by atoms with Gasteiger partial charge in [0.2, 0.25) is 0 Å². The molecule has 0 saturated heterocycles. The normalized spacial score (nSPS) is 13.2. The second-order valence-electron chi connectivity index (χ2n) is 5.98. The monoisotopic (exact) mass is 428 g/mol. The number of rotatable bonds is 2. The number of hydrogen-bond acceptors (Lipinski definition) is 6. The van der Waals surface area contributed by atoms with Crippen LogP contribution in [0.1, 0.15) is 0 Å². The Hall–Kier alpha value is -3.28. The molecular formula is C17H15F3N4O4S. The van der Waals surface area contributed by atoms with Gasteiger partial charge in [0.15, 0.2) is 0 Å². The van der Waals surface area contributed by atoms with Gasteiger partial charge < -0.3 is 14.7 Å². The average Bonchev–Trinajstić information content (AvgIpc) is 3.30. The zero-order valence-corrected chi connectivity index (χ0v) is 15.8. The lowest BCUT2D eigenvalue weighted by Gasteiger charge is -2.27. The highest BCUT2D eigenvalue weighted by molar-refractivity contribution is 7.08. The van der Waals surface area contributed by atoms with Gasteiger partial charge >= 0.3 is 12.1 Å². The summed E-state index contributed by atoms with van der Waals surface area (Å²) in [6.45, 7) is 1.60. The molecule has 1 aliphatic rings. The number of aromatic amines is 1. The van der Waals surface area contributed by atoms with Gasteiger partial charge in [0.25, 0.3) is 5.56 Å². The Morgan fingerprint density at radius 2 is 2.03 bits per heavy atom. The van der Waals surface area contributed by atoms with E-state index in [0.717, 1.165) is 34.1 Å². The first kappa shape index (κ1) is 20.5. The first-order valence-corrected chi connectivity index (χ1v) is 8.99. The molecule has 29 heavy (non-hydrogen) atoms. The van der Waals surface area contributed by atoms with E-state index >= 15 is 0 Å². The van der Waals surface area contributed by atoms with E-state index in [4.69, 9.17) is 14.6 Å². The fraction of sp³-hybridized carbons (Fsp3) is 0.235. The van der Waals surface area contributed by atoms with Crippen LogP contribution in [0.5, 0.6) is 5.75 Å². The summed E-state index contributed by atoms with van der Waals surface area (Å²) in [5.74, 6) is -1.86. The molecule has 3 heterocycles. The van der Waals surface area contributed by atoms with E-state index in [1.54, 1.807) is 10.9 Å². The summed E-state index contributed by atoms with van der Waals surface area (Å²) in [7, 11) is 2.06. The third kappa shape index (κ3) is 4.77. The standard InChI is InChI=1S/C15H14N4O2S.C2HF3O2/c1-18-4-5-21-13-6-10(2-3-12(13)18)11-8-16-19(9-11)15-7-14(20)17-22-15;3-2(4,5)1(6)7/h2-3,6-9H,4-5H2,1H3,(H,17,20);(H,6,7). The third-order valence-electron chi connectivity index (χ3n) is 3.95. The van der Waals surface area contributed by atoms with Crippen molar-refractivity contribution >= 4 is 23.2 Å². The Labute approximate surface area is 165 Å². The van der Waals surface area contributed by atoms with Crippen LogP contribution in [-0.2, 0) is 4.79 Å². The van der Waals surface area contributed by atoms with Crippen LogP contribution in [0, 0.1) is 0 Å². The molecule has 0 fully saturated rings. The minimum absolute atomic E-state index is 0.109. The summed E-state index contributed by atoms with van der Waals surface area (Å²) in [4.78, 5) is 22.3. The fourth-order valence-electron chi connectivity index (χ4n) is 2.52. The van der Waals surface area contributed by atoms with E-state index in [-0.39, 0.29) is 5.56 Å². The van der Waals surface area contributed by atoms with Crippen molar-refractivity contribution in [1.82, 2.24) is 14.2 Å². The molecule has 154 valence electrons. The van der Waals surface area contributed by atoms with Crippen molar-refractivity contribution in [2.75, 3.05) is 25.1 Å². The highest BCUT2D eigenvalue weighted by Gasteiger charge is 2.38. The second-order valence-corrected chi connectivity index (χ2v) is 6.81. The van der Waals surface area contributed by atoms with Gasteiger partial charge in [-0.2, -0.15) is 18.3 Å². The quantitative estimate of drug-likeness (QED) is 0.651. The van der Waals surface area contributed by atoms with Crippen LogP contribution >= 0.6 is 11.5 Å². The molecule has 3 aromatic rings. The van der Waals surface area contributed by atoms with Crippen LogP contribution in [0.15, 0.2) is 41.5 Å². The minimum atomic E-state index is -5.08. The number of carboxylic acids is 1. The number of hydrogen-bond donors (Lipinski definition) is 2. The van der Waals surface area contributed by atoms with Crippen LogP contribution in [0.2, 0.25) is 0 Å². The minimum Gasteiger partial charge on any atom is -0.490 e. The maximum absolute atomic E-state index is 11.2. The lowest BCUT2D eigenvalue weighted by molar-refractivity contribution is -0.192. The summed E-state index contributed by atoms with van der Waals surface area (Å²) < 4.78 is 41.8. The zero-order chi connectivity index (χ0) is 21.2. The first-order chi connectivity index (χ1) is 13.6. The molecule has 0 unspecified atom stereocenters. The first-order valence-electron chi connectivity index (χ1n) is 8.17. The number of H-pyrrole nitrogens is 1. The summed E-state index contributed by atoms with van der Waals surface area (Å²) in [6, 6.07) is 7.69. The maximum Gasteiger partial charge on any atom is 0.490 e. The van der Waals surface area contributed by atoms with E-state index in [1.807, 2.05) is 12.3 Å². The van der Waals surface area contributed by atoms with E-state index < -0.39 is 12.1 Å². The lowest BCUT2D eigenvalue weighted by atomic mass is 10.1. The highest BCUT2D eigenvalue weighted by atomic mass is 32.1. The largest absolute Gasteiger partial charge is 0.490 e. The Bertz CT molecular complexity index is 1070. The summed E-state index contributed by atoms with van der Waals surface area (Å²) in [5.41, 5.74) is 3.03. The van der Waals surface area contributed by atoms with Crippen molar-refractivity contribution in [3.63, 3.8) is 0 Å². The predicted molar refractivity (Wildman–Crippen MR) is 100.0 cm³/mol. The van der Waals surface area contributed by atoms with Gasteiger partial charge in [-0.25, -0.2) is 9.48 Å². The van der Waals surface area contributed by atoms with Crippen LogP contribution in [0.3, 0.4) is 0 Å². The summed E-state index contributed by atoms with van der Waals surface area (Å²) in [5, 5.41) is 12.2. The number of ether oxygens (including phenoxy) is 1. The number of benzene rings is 1. The molecule has 0 amide bonds. The smallest absolute Gasteiger partial charge is 0.490 e. The van der Waals surface area contributed by atoms with Crippen molar-refractivity contribution in [1.29, 1.82) is 0 Å². The Kier molecular flexibility index (Phi) is 5.64. The second kappa shape index (κ2) is 7.99. The van der Waals surface area contributed by atoms with Gasteiger partial charge in [-0.05, 0) is 29.2 Å². The number of carbonyl (C=O) groups is 1. The number of halogens is 3. The number of nitrogens with zero attached hydrogens (tertiary/aromatic N) is 3.